The summed E-state index contributed by atoms with van der Waals surface area (Å²) in [5, 5.41) is 2.97. The number of rotatable bonds is 9. The molecule has 162 valence electrons. The smallest absolute Gasteiger partial charge is 0.261 e. The molecule has 2 aromatic rings. The molecule has 0 aliphatic heterocycles. The van der Waals surface area contributed by atoms with Gasteiger partial charge in [-0.3, -0.25) is 9.59 Å². The van der Waals surface area contributed by atoms with Crippen molar-refractivity contribution in [1.29, 1.82) is 0 Å². The molecule has 6 heteroatoms. The third kappa shape index (κ3) is 6.87. The molecule has 2 rings (SSSR count). The molecule has 0 spiro atoms. The van der Waals surface area contributed by atoms with Crippen LogP contribution in [0.3, 0.4) is 0 Å². The lowest BCUT2D eigenvalue weighted by molar-refractivity contribution is -0.142. The topological polar surface area (TPSA) is 58.6 Å². The molecule has 1 N–H and O–H groups in total. The van der Waals surface area contributed by atoms with E-state index >= 15 is 0 Å². The van der Waals surface area contributed by atoms with Crippen molar-refractivity contribution >= 4 is 27.7 Å². The number of ether oxygens (including phenoxy) is 1. The van der Waals surface area contributed by atoms with Gasteiger partial charge < -0.3 is 15.0 Å². The van der Waals surface area contributed by atoms with Gasteiger partial charge in [-0.05, 0) is 69.0 Å². The lowest BCUT2D eigenvalue weighted by Crippen LogP contribution is -2.50. The maximum Gasteiger partial charge on any atom is 0.261 e. The lowest BCUT2D eigenvalue weighted by atomic mass is 10.1. The SMILES string of the molecule is CC[C@@H](C)NC(=O)[C@@H](C)N(Cc1ccc(Br)cc1)C(=O)COc1cc(C)ccc1C. The van der Waals surface area contributed by atoms with E-state index in [9.17, 15) is 9.59 Å². The van der Waals surface area contributed by atoms with Crippen molar-refractivity contribution in [3.8, 4) is 5.75 Å². The van der Waals surface area contributed by atoms with E-state index in [1.807, 2.05) is 70.2 Å². The summed E-state index contributed by atoms with van der Waals surface area (Å²) >= 11 is 3.43. The molecule has 2 amide bonds. The number of benzene rings is 2. The van der Waals surface area contributed by atoms with Gasteiger partial charge in [0, 0.05) is 17.1 Å². The number of amides is 2. The van der Waals surface area contributed by atoms with Crippen molar-refractivity contribution in [2.45, 2.75) is 59.7 Å². The van der Waals surface area contributed by atoms with Crippen molar-refractivity contribution in [3.05, 3.63) is 63.6 Å². The van der Waals surface area contributed by atoms with Crippen LogP contribution in [-0.2, 0) is 16.1 Å². The Labute approximate surface area is 187 Å². The van der Waals surface area contributed by atoms with Crippen LogP contribution in [0.1, 0.15) is 43.9 Å². The second-order valence-corrected chi connectivity index (χ2v) is 8.62. The first-order chi connectivity index (χ1) is 14.2. The summed E-state index contributed by atoms with van der Waals surface area (Å²) in [6, 6.07) is 13.1. The van der Waals surface area contributed by atoms with Crippen LogP contribution in [0.15, 0.2) is 46.9 Å². The minimum absolute atomic E-state index is 0.0516. The van der Waals surface area contributed by atoms with Gasteiger partial charge >= 0.3 is 0 Å². The van der Waals surface area contributed by atoms with Gasteiger partial charge in [-0.1, -0.05) is 47.1 Å². The first-order valence-electron chi connectivity index (χ1n) is 10.3. The summed E-state index contributed by atoms with van der Waals surface area (Å²) in [5.41, 5.74) is 2.98. The number of carbonyl (C=O) groups is 2. The summed E-state index contributed by atoms with van der Waals surface area (Å²) in [7, 11) is 0. The quantitative estimate of drug-likeness (QED) is 0.568. The molecular formula is C24H31BrN2O3. The maximum atomic E-state index is 13.1. The fourth-order valence-corrected chi connectivity index (χ4v) is 3.18. The number of hydrogen-bond donors (Lipinski definition) is 1. The Morgan fingerprint density at radius 1 is 1.10 bits per heavy atom. The molecule has 5 nitrogen and oxygen atoms in total. The summed E-state index contributed by atoms with van der Waals surface area (Å²) in [6.45, 7) is 9.86. The number of aryl methyl sites for hydroxylation is 2. The van der Waals surface area contributed by atoms with E-state index in [4.69, 9.17) is 4.74 Å². The molecule has 2 aromatic carbocycles. The third-order valence-corrected chi connectivity index (χ3v) is 5.66. The normalized spacial score (nSPS) is 12.7. The molecular weight excluding hydrogens is 444 g/mol. The van der Waals surface area contributed by atoms with E-state index in [1.54, 1.807) is 11.8 Å². The van der Waals surface area contributed by atoms with Gasteiger partial charge in [-0.2, -0.15) is 0 Å². The van der Waals surface area contributed by atoms with Crippen LogP contribution in [0.2, 0.25) is 0 Å². The first-order valence-corrected chi connectivity index (χ1v) is 11.0. The van der Waals surface area contributed by atoms with Crippen molar-refractivity contribution in [2.24, 2.45) is 0 Å². The van der Waals surface area contributed by atoms with Crippen LogP contribution < -0.4 is 10.1 Å². The van der Waals surface area contributed by atoms with Gasteiger partial charge in [-0.25, -0.2) is 0 Å². The highest BCUT2D eigenvalue weighted by atomic mass is 79.9. The standard InChI is InChI=1S/C24H31BrN2O3/c1-6-18(4)26-24(29)19(5)27(14-20-9-11-21(25)12-10-20)23(28)15-30-22-13-16(2)7-8-17(22)3/h7-13,18-19H,6,14-15H2,1-5H3,(H,26,29)/t18-,19-/m1/s1. The van der Waals surface area contributed by atoms with Gasteiger partial charge in [0.25, 0.3) is 5.91 Å². The highest BCUT2D eigenvalue weighted by Crippen LogP contribution is 2.20. The average molecular weight is 475 g/mol. The molecule has 0 aliphatic carbocycles. The maximum absolute atomic E-state index is 13.1. The first kappa shape index (κ1) is 23.9. The predicted octanol–water partition coefficient (Wildman–Crippen LogP) is 4.78. The van der Waals surface area contributed by atoms with Crippen molar-refractivity contribution < 1.29 is 14.3 Å². The van der Waals surface area contributed by atoms with E-state index < -0.39 is 6.04 Å². The molecule has 0 bridgehead atoms. The Bertz CT molecular complexity index is 867. The minimum Gasteiger partial charge on any atom is -0.483 e. The summed E-state index contributed by atoms with van der Waals surface area (Å²) < 4.78 is 6.78. The van der Waals surface area contributed by atoms with Crippen LogP contribution in [0.4, 0.5) is 0 Å². The van der Waals surface area contributed by atoms with Crippen molar-refractivity contribution in [1.82, 2.24) is 10.2 Å². The number of carbonyl (C=O) groups excluding carboxylic acids is 2. The Balaban J connectivity index is 2.17. The van der Waals surface area contributed by atoms with E-state index in [1.165, 1.54) is 0 Å². The van der Waals surface area contributed by atoms with Crippen LogP contribution in [0, 0.1) is 13.8 Å². The molecule has 0 saturated heterocycles. The zero-order valence-corrected chi connectivity index (χ0v) is 20.0. The summed E-state index contributed by atoms with van der Waals surface area (Å²) in [6.07, 6.45) is 0.828. The number of halogens is 1. The van der Waals surface area contributed by atoms with Gasteiger partial charge in [-0.15, -0.1) is 0 Å². The predicted molar refractivity (Wildman–Crippen MR) is 123 cm³/mol. The summed E-state index contributed by atoms with van der Waals surface area (Å²) in [4.78, 5) is 27.4. The molecule has 0 heterocycles. The number of hydrogen-bond acceptors (Lipinski definition) is 3. The number of nitrogens with zero attached hydrogens (tertiary/aromatic N) is 1. The highest BCUT2D eigenvalue weighted by Gasteiger charge is 2.27. The Morgan fingerprint density at radius 3 is 2.40 bits per heavy atom. The molecule has 2 atom stereocenters. The largest absolute Gasteiger partial charge is 0.483 e. The molecule has 0 unspecified atom stereocenters. The lowest BCUT2D eigenvalue weighted by Gasteiger charge is -2.29. The van der Waals surface area contributed by atoms with E-state index in [0.717, 1.165) is 27.6 Å². The van der Waals surface area contributed by atoms with E-state index in [2.05, 4.69) is 21.2 Å². The molecule has 0 saturated carbocycles. The molecule has 0 radical (unpaired) electrons. The van der Waals surface area contributed by atoms with Crippen LogP contribution in [0.25, 0.3) is 0 Å². The van der Waals surface area contributed by atoms with Gasteiger partial charge in [0.05, 0.1) is 0 Å². The van der Waals surface area contributed by atoms with Crippen LogP contribution in [0.5, 0.6) is 5.75 Å². The van der Waals surface area contributed by atoms with Gasteiger partial charge in [0.15, 0.2) is 6.61 Å². The Hall–Kier alpha value is -2.34. The Kier molecular flexibility index (Phi) is 8.90. The highest BCUT2D eigenvalue weighted by molar-refractivity contribution is 9.10. The molecule has 0 fully saturated rings. The average Bonchev–Trinajstić information content (AvgIpc) is 2.73. The zero-order valence-electron chi connectivity index (χ0n) is 18.4. The van der Waals surface area contributed by atoms with Gasteiger partial charge in [0.1, 0.15) is 11.8 Å². The fraction of sp³-hybridized carbons (Fsp3) is 0.417. The third-order valence-electron chi connectivity index (χ3n) is 5.13. The van der Waals surface area contributed by atoms with Crippen LogP contribution >= 0.6 is 15.9 Å². The zero-order chi connectivity index (χ0) is 22.3. The van der Waals surface area contributed by atoms with Gasteiger partial charge in [0.2, 0.25) is 5.91 Å². The fourth-order valence-electron chi connectivity index (χ4n) is 2.92. The van der Waals surface area contributed by atoms with E-state index in [0.29, 0.717) is 12.3 Å². The van der Waals surface area contributed by atoms with E-state index in [-0.39, 0.29) is 24.5 Å². The second kappa shape index (κ2) is 11.2. The van der Waals surface area contributed by atoms with Crippen LogP contribution in [-0.4, -0.2) is 35.4 Å². The minimum atomic E-state index is -0.614. The molecule has 30 heavy (non-hydrogen) atoms. The summed E-state index contributed by atoms with van der Waals surface area (Å²) in [5.74, 6) is 0.288. The number of nitrogens with one attached hydrogen (secondary N) is 1. The monoisotopic (exact) mass is 474 g/mol. The second-order valence-electron chi connectivity index (χ2n) is 7.70. The molecule has 0 aromatic heterocycles. The Morgan fingerprint density at radius 2 is 1.77 bits per heavy atom. The van der Waals surface area contributed by atoms with Crippen molar-refractivity contribution in [3.63, 3.8) is 0 Å². The molecule has 0 aliphatic rings. The van der Waals surface area contributed by atoms with Crippen molar-refractivity contribution in [2.75, 3.05) is 6.61 Å².